The van der Waals surface area contributed by atoms with Crippen molar-refractivity contribution in [3.63, 3.8) is 0 Å². The fourth-order valence-corrected chi connectivity index (χ4v) is 2.23. The third-order valence-electron chi connectivity index (χ3n) is 3.44. The first-order valence-corrected chi connectivity index (χ1v) is 6.56. The average Bonchev–Trinajstić information content (AvgIpc) is 3.21. The van der Waals surface area contributed by atoms with Crippen LogP contribution in [0.5, 0.6) is 0 Å². The van der Waals surface area contributed by atoms with E-state index < -0.39 is 0 Å². The minimum Gasteiger partial charge on any atom is -0.310 e. The van der Waals surface area contributed by atoms with Crippen molar-refractivity contribution in [3.8, 4) is 11.1 Å². The van der Waals surface area contributed by atoms with Gasteiger partial charge in [-0.05, 0) is 42.5 Å². The quantitative estimate of drug-likeness (QED) is 0.884. The monoisotopic (exact) mass is 238 g/mol. The van der Waals surface area contributed by atoms with E-state index in [1.807, 2.05) is 18.5 Å². The fraction of sp³-hybridized carbons (Fsp3) is 0.312. The molecule has 1 aromatic carbocycles. The first kappa shape index (κ1) is 11.4. The minimum absolute atomic E-state index is 0.767. The zero-order chi connectivity index (χ0) is 12.4. The Labute approximate surface area is 108 Å². The molecular weight excluding hydrogens is 220 g/mol. The van der Waals surface area contributed by atoms with Gasteiger partial charge in [-0.15, -0.1) is 0 Å². The molecule has 0 atom stereocenters. The van der Waals surface area contributed by atoms with E-state index in [0.717, 1.165) is 12.6 Å². The zero-order valence-corrected chi connectivity index (χ0v) is 10.7. The molecule has 2 nitrogen and oxygen atoms in total. The van der Waals surface area contributed by atoms with Crippen LogP contribution in [-0.4, -0.2) is 11.0 Å². The summed E-state index contributed by atoms with van der Waals surface area (Å²) >= 11 is 0. The standard InChI is InChI=1S/C16H18N2/c1-12-9-13(10-18-15-5-6-15)4-7-16(12)14-3-2-8-17-11-14/h2-4,7-9,11,15,18H,5-6,10H2,1H3. The highest BCUT2D eigenvalue weighted by Gasteiger charge is 2.19. The third-order valence-corrected chi connectivity index (χ3v) is 3.44. The largest absolute Gasteiger partial charge is 0.310 e. The van der Waals surface area contributed by atoms with Crippen molar-refractivity contribution in [3.05, 3.63) is 53.9 Å². The van der Waals surface area contributed by atoms with Crippen LogP contribution in [0.15, 0.2) is 42.7 Å². The molecule has 92 valence electrons. The Morgan fingerprint density at radius 2 is 2.17 bits per heavy atom. The first-order chi connectivity index (χ1) is 8.83. The Morgan fingerprint density at radius 3 is 2.83 bits per heavy atom. The molecule has 1 aliphatic rings. The Morgan fingerprint density at radius 1 is 1.28 bits per heavy atom. The van der Waals surface area contributed by atoms with Crippen molar-refractivity contribution in [1.29, 1.82) is 0 Å². The van der Waals surface area contributed by atoms with Gasteiger partial charge < -0.3 is 5.32 Å². The molecule has 1 N–H and O–H groups in total. The molecule has 2 aromatic rings. The van der Waals surface area contributed by atoms with E-state index >= 15 is 0 Å². The molecule has 18 heavy (non-hydrogen) atoms. The highest BCUT2D eigenvalue weighted by molar-refractivity contribution is 5.66. The maximum Gasteiger partial charge on any atom is 0.0346 e. The summed E-state index contributed by atoms with van der Waals surface area (Å²) in [5.41, 5.74) is 5.15. The van der Waals surface area contributed by atoms with Crippen molar-refractivity contribution >= 4 is 0 Å². The number of benzene rings is 1. The van der Waals surface area contributed by atoms with Gasteiger partial charge in [0.25, 0.3) is 0 Å². The van der Waals surface area contributed by atoms with Crippen LogP contribution in [-0.2, 0) is 6.54 Å². The summed E-state index contributed by atoms with van der Waals surface area (Å²) < 4.78 is 0. The number of hydrogen-bond donors (Lipinski definition) is 1. The molecule has 1 aliphatic carbocycles. The van der Waals surface area contributed by atoms with E-state index in [0.29, 0.717) is 0 Å². The van der Waals surface area contributed by atoms with Gasteiger partial charge in [-0.25, -0.2) is 0 Å². The van der Waals surface area contributed by atoms with Crippen molar-refractivity contribution in [2.24, 2.45) is 0 Å². The van der Waals surface area contributed by atoms with Gasteiger partial charge in [0, 0.05) is 30.5 Å². The smallest absolute Gasteiger partial charge is 0.0346 e. The molecule has 0 amide bonds. The minimum atomic E-state index is 0.767. The molecule has 0 unspecified atom stereocenters. The predicted octanol–water partition coefficient (Wildman–Crippen LogP) is 3.31. The predicted molar refractivity (Wildman–Crippen MR) is 74.3 cm³/mol. The van der Waals surface area contributed by atoms with Crippen LogP contribution in [0.1, 0.15) is 24.0 Å². The molecule has 0 aliphatic heterocycles. The van der Waals surface area contributed by atoms with Gasteiger partial charge in [-0.3, -0.25) is 4.98 Å². The fourth-order valence-electron chi connectivity index (χ4n) is 2.23. The van der Waals surface area contributed by atoms with E-state index in [2.05, 4.69) is 41.5 Å². The van der Waals surface area contributed by atoms with Crippen LogP contribution in [0.2, 0.25) is 0 Å². The Hall–Kier alpha value is -1.67. The summed E-state index contributed by atoms with van der Waals surface area (Å²) in [4.78, 5) is 4.18. The van der Waals surface area contributed by atoms with Crippen LogP contribution in [0.3, 0.4) is 0 Å². The van der Waals surface area contributed by atoms with Gasteiger partial charge >= 0.3 is 0 Å². The summed E-state index contributed by atoms with van der Waals surface area (Å²) in [6, 6.07) is 11.6. The lowest BCUT2D eigenvalue weighted by Gasteiger charge is -2.09. The normalized spacial score (nSPS) is 14.7. The highest BCUT2D eigenvalue weighted by atomic mass is 14.9. The van der Waals surface area contributed by atoms with Crippen LogP contribution >= 0.6 is 0 Å². The molecule has 1 aromatic heterocycles. The molecule has 1 fully saturated rings. The number of pyridine rings is 1. The maximum atomic E-state index is 4.18. The molecule has 1 saturated carbocycles. The lowest BCUT2D eigenvalue weighted by Crippen LogP contribution is -2.15. The summed E-state index contributed by atoms with van der Waals surface area (Å²) in [5, 5.41) is 3.55. The lowest BCUT2D eigenvalue weighted by molar-refractivity contribution is 0.687. The zero-order valence-electron chi connectivity index (χ0n) is 10.7. The second-order valence-electron chi connectivity index (χ2n) is 5.05. The molecule has 0 saturated heterocycles. The second-order valence-corrected chi connectivity index (χ2v) is 5.05. The number of hydrogen-bond acceptors (Lipinski definition) is 2. The van der Waals surface area contributed by atoms with Crippen LogP contribution in [0.25, 0.3) is 11.1 Å². The number of aromatic nitrogens is 1. The number of nitrogens with zero attached hydrogens (tertiary/aromatic N) is 1. The van der Waals surface area contributed by atoms with E-state index in [1.54, 1.807) is 0 Å². The number of rotatable bonds is 4. The van der Waals surface area contributed by atoms with Gasteiger partial charge in [0.05, 0.1) is 0 Å². The van der Waals surface area contributed by atoms with Crippen LogP contribution < -0.4 is 5.32 Å². The molecule has 0 spiro atoms. The van der Waals surface area contributed by atoms with Crippen molar-refractivity contribution < 1.29 is 0 Å². The Kier molecular flexibility index (Phi) is 3.11. The number of nitrogens with one attached hydrogen (secondary N) is 1. The van der Waals surface area contributed by atoms with E-state index in [4.69, 9.17) is 0 Å². The molecule has 3 rings (SSSR count). The average molecular weight is 238 g/mol. The van der Waals surface area contributed by atoms with Crippen LogP contribution in [0, 0.1) is 6.92 Å². The number of aryl methyl sites for hydroxylation is 1. The van der Waals surface area contributed by atoms with E-state index in [1.165, 1.54) is 35.1 Å². The van der Waals surface area contributed by atoms with Crippen LogP contribution in [0.4, 0.5) is 0 Å². The Balaban J connectivity index is 1.80. The summed E-state index contributed by atoms with van der Waals surface area (Å²) in [6.07, 6.45) is 6.41. The van der Waals surface area contributed by atoms with Crippen molar-refractivity contribution in [2.75, 3.05) is 0 Å². The summed E-state index contributed by atoms with van der Waals surface area (Å²) in [6.45, 7) is 3.15. The van der Waals surface area contributed by atoms with Gasteiger partial charge in [0.1, 0.15) is 0 Å². The van der Waals surface area contributed by atoms with Crippen molar-refractivity contribution in [1.82, 2.24) is 10.3 Å². The van der Waals surface area contributed by atoms with E-state index in [-0.39, 0.29) is 0 Å². The first-order valence-electron chi connectivity index (χ1n) is 6.56. The second kappa shape index (κ2) is 4.91. The molecular formula is C16H18N2. The summed E-state index contributed by atoms with van der Waals surface area (Å²) in [5.74, 6) is 0. The summed E-state index contributed by atoms with van der Waals surface area (Å²) in [7, 11) is 0. The highest BCUT2D eigenvalue weighted by Crippen LogP contribution is 2.24. The topological polar surface area (TPSA) is 24.9 Å². The van der Waals surface area contributed by atoms with E-state index in [9.17, 15) is 0 Å². The molecule has 0 radical (unpaired) electrons. The van der Waals surface area contributed by atoms with Crippen molar-refractivity contribution in [2.45, 2.75) is 32.4 Å². The Bertz CT molecular complexity index is 530. The molecule has 0 bridgehead atoms. The van der Waals surface area contributed by atoms with Gasteiger partial charge in [0.15, 0.2) is 0 Å². The molecule has 2 heteroatoms. The van der Waals surface area contributed by atoms with Gasteiger partial charge in [-0.1, -0.05) is 24.3 Å². The lowest BCUT2D eigenvalue weighted by atomic mass is 10.00. The third kappa shape index (κ3) is 2.59. The maximum absolute atomic E-state index is 4.18. The SMILES string of the molecule is Cc1cc(CNC2CC2)ccc1-c1cccnc1. The van der Waals surface area contributed by atoms with Gasteiger partial charge in [0.2, 0.25) is 0 Å². The molecule has 1 heterocycles. The van der Waals surface area contributed by atoms with Gasteiger partial charge in [-0.2, -0.15) is 0 Å².